The summed E-state index contributed by atoms with van der Waals surface area (Å²) < 4.78 is 5.40. The van der Waals surface area contributed by atoms with Crippen LogP contribution < -0.4 is 0 Å². The third kappa shape index (κ3) is 3.76. The molecule has 0 saturated carbocycles. The Morgan fingerprint density at radius 2 is 1.96 bits per heavy atom. The summed E-state index contributed by atoms with van der Waals surface area (Å²) in [5, 5.41) is 4.00. The number of aryl methyl sites for hydroxylation is 1. The Labute approximate surface area is 160 Å². The zero-order chi connectivity index (χ0) is 18.8. The molecule has 1 aromatic heterocycles. The van der Waals surface area contributed by atoms with Crippen molar-refractivity contribution in [1.29, 1.82) is 0 Å². The molecule has 3 heterocycles. The molecule has 0 aliphatic carbocycles. The lowest BCUT2D eigenvalue weighted by molar-refractivity contribution is -0.138. The number of rotatable bonds is 4. The van der Waals surface area contributed by atoms with Gasteiger partial charge in [0, 0.05) is 25.4 Å². The van der Waals surface area contributed by atoms with E-state index in [4.69, 9.17) is 4.52 Å². The molecule has 1 aromatic carbocycles. The van der Waals surface area contributed by atoms with Gasteiger partial charge in [0.05, 0.1) is 6.04 Å². The molecule has 1 saturated heterocycles. The molecule has 2 aliphatic heterocycles. The number of fused-ring (bicyclic) bond motifs is 1. The second-order valence-corrected chi connectivity index (χ2v) is 7.67. The lowest BCUT2D eigenvalue weighted by atomic mass is 9.92. The predicted molar refractivity (Wildman–Crippen MR) is 102 cm³/mol. The second kappa shape index (κ2) is 7.80. The van der Waals surface area contributed by atoms with E-state index in [1.165, 1.54) is 11.1 Å². The van der Waals surface area contributed by atoms with Crippen LogP contribution in [0.2, 0.25) is 0 Å². The van der Waals surface area contributed by atoms with Crippen molar-refractivity contribution in [3.63, 3.8) is 0 Å². The minimum Gasteiger partial charge on any atom is -0.338 e. The van der Waals surface area contributed by atoms with E-state index in [0.29, 0.717) is 11.8 Å². The molecular weight excluding hydrogens is 340 g/mol. The molecule has 2 aromatic rings. The van der Waals surface area contributed by atoms with Crippen LogP contribution in [-0.2, 0) is 24.2 Å². The van der Waals surface area contributed by atoms with E-state index in [0.717, 1.165) is 57.7 Å². The molecular formula is C21H28N4O2. The van der Waals surface area contributed by atoms with Crippen molar-refractivity contribution < 1.29 is 9.32 Å². The normalized spacial score (nSPS) is 19.7. The van der Waals surface area contributed by atoms with Gasteiger partial charge in [-0.1, -0.05) is 36.3 Å². The topological polar surface area (TPSA) is 62.5 Å². The molecule has 1 amide bonds. The second-order valence-electron chi connectivity index (χ2n) is 7.67. The van der Waals surface area contributed by atoms with E-state index in [9.17, 15) is 4.79 Å². The first-order valence-corrected chi connectivity index (χ1v) is 10.1. The number of hydrogen-bond acceptors (Lipinski definition) is 5. The van der Waals surface area contributed by atoms with E-state index >= 15 is 0 Å². The average Bonchev–Trinajstić information content (AvgIpc) is 3.22. The van der Waals surface area contributed by atoms with Gasteiger partial charge in [0.1, 0.15) is 0 Å². The fraction of sp³-hybridized carbons (Fsp3) is 0.571. The van der Waals surface area contributed by atoms with Gasteiger partial charge in [0.15, 0.2) is 5.82 Å². The zero-order valence-corrected chi connectivity index (χ0v) is 16.2. The van der Waals surface area contributed by atoms with Gasteiger partial charge in [-0.15, -0.1) is 0 Å². The van der Waals surface area contributed by atoms with Crippen molar-refractivity contribution in [2.75, 3.05) is 19.6 Å². The van der Waals surface area contributed by atoms with Gasteiger partial charge in [0.2, 0.25) is 11.8 Å². The van der Waals surface area contributed by atoms with Crippen LogP contribution in [-0.4, -0.2) is 45.5 Å². The minimum atomic E-state index is 0.107. The molecule has 144 valence electrons. The minimum absolute atomic E-state index is 0.107. The van der Waals surface area contributed by atoms with E-state index in [1.807, 2.05) is 6.92 Å². The maximum Gasteiger partial charge on any atom is 0.243 e. The highest BCUT2D eigenvalue weighted by atomic mass is 16.5. The molecule has 0 radical (unpaired) electrons. The molecule has 0 N–H and O–H groups in total. The third-order valence-corrected chi connectivity index (χ3v) is 6.03. The summed E-state index contributed by atoms with van der Waals surface area (Å²) in [4.78, 5) is 21.9. The highest BCUT2D eigenvalue weighted by molar-refractivity contribution is 5.79. The van der Waals surface area contributed by atoms with Crippen molar-refractivity contribution in [2.24, 2.45) is 5.92 Å². The van der Waals surface area contributed by atoms with Crippen molar-refractivity contribution >= 4 is 5.91 Å². The Morgan fingerprint density at radius 1 is 1.22 bits per heavy atom. The lowest BCUT2D eigenvalue weighted by Crippen LogP contribution is -2.44. The van der Waals surface area contributed by atoms with Crippen LogP contribution in [0.3, 0.4) is 0 Å². The summed E-state index contributed by atoms with van der Waals surface area (Å²) in [6, 6.07) is 8.58. The maximum absolute atomic E-state index is 13.0. The van der Waals surface area contributed by atoms with Crippen LogP contribution in [0.15, 0.2) is 28.8 Å². The van der Waals surface area contributed by atoms with E-state index in [-0.39, 0.29) is 12.0 Å². The molecule has 0 unspecified atom stereocenters. The number of carbonyl (C=O) groups is 1. The summed E-state index contributed by atoms with van der Waals surface area (Å²) in [7, 11) is 0. The number of carbonyl (C=O) groups excluding carboxylic acids is 1. The van der Waals surface area contributed by atoms with Crippen LogP contribution >= 0.6 is 0 Å². The highest BCUT2D eigenvalue weighted by Crippen LogP contribution is 2.28. The Hall–Kier alpha value is -2.21. The first-order valence-electron chi connectivity index (χ1n) is 10.1. The maximum atomic E-state index is 13.0. The van der Waals surface area contributed by atoms with Crippen LogP contribution in [0.25, 0.3) is 0 Å². The Bertz CT molecular complexity index is 795. The molecule has 4 rings (SSSR count). The van der Waals surface area contributed by atoms with Crippen LogP contribution in [0.5, 0.6) is 0 Å². The molecule has 2 aliphatic rings. The first-order chi connectivity index (χ1) is 13.2. The summed E-state index contributed by atoms with van der Waals surface area (Å²) >= 11 is 0. The molecule has 0 bridgehead atoms. The number of hydrogen-bond donors (Lipinski definition) is 0. The molecule has 0 spiro atoms. The molecule has 1 atom stereocenters. The van der Waals surface area contributed by atoms with Crippen LogP contribution in [0.4, 0.5) is 0 Å². The summed E-state index contributed by atoms with van der Waals surface area (Å²) in [6.45, 7) is 7.52. The molecule has 1 fully saturated rings. The van der Waals surface area contributed by atoms with E-state index in [2.05, 4.69) is 51.1 Å². The fourth-order valence-corrected chi connectivity index (χ4v) is 4.21. The molecule has 27 heavy (non-hydrogen) atoms. The summed E-state index contributed by atoms with van der Waals surface area (Å²) in [5.41, 5.74) is 2.68. The predicted octanol–water partition coefficient (Wildman–Crippen LogP) is 2.99. The highest BCUT2D eigenvalue weighted by Gasteiger charge is 2.32. The summed E-state index contributed by atoms with van der Waals surface area (Å²) in [5.74, 6) is 1.90. The summed E-state index contributed by atoms with van der Waals surface area (Å²) in [6.07, 6.45) is 3.55. The smallest absolute Gasteiger partial charge is 0.243 e. The van der Waals surface area contributed by atoms with Gasteiger partial charge < -0.3 is 9.42 Å². The van der Waals surface area contributed by atoms with Gasteiger partial charge in [-0.25, -0.2) is 0 Å². The molecule has 6 heteroatoms. The Morgan fingerprint density at radius 3 is 2.67 bits per heavy atom. The molecule has 6 nitrogen and oxygen atoms in total. The first kappa shape index (κ1) is 18.2. The Balaban J connectivity index is 1.33. The number of aromatic nitrogens is 2. The van der Waals surface area contributed by atoms with Crippen molar-refractivity contribution in [2.45, 2.75) is 52.1 Å². The van der Waals surface area contributed by atoms with E-state index in [1.54, 1.807) is 0 Å². The number of amides is 1. The van der Waals surface area contributed by atoms with Gasteiger partial charge in [0.25, 0.3) is 0 Å². The lowest BCUT2D eigenvalue weighted by Gasteiger charge is -2.37. The van der Waals surface area contributed by atoms with Crippen LogP contribution in [0.1, 0.15) is 55.6 Å². The Kier molecular flexibility index (Phi) is 5.25. The number of likely N-dealkylation sites (tertiary alicyclic amines) is 1. The van der Waals surface area contributed by atoms with Gasteiger partial charge >= 0.3 is 0 Å². The number of benzene rings is 1. The van der Waals surface area contributed by atoms with Crippen molar-refractivity contribution in [3.05, 3.63) is 47.1 Å². The third-order valence-electron chi connectivity index (χ3n) is 6.03. The quantitative estimate of drug-likeness (QED) is 0.830. The van der Waals surface area contributed by atoms with Crippen molar-refractivity contribution in [1.82, 2.24) is 19.9 Å². The van der Waals surface area contributed by atoms with Gasteiger partial charge in [-0.05, 0) is 50.4 Å². The number of nitrogens with zero attached hydrogens (tertiary/aromatic N) is 4. The fourth-order valence-electron chi connectivity index (χ4n) is 4.21. The SMILES string of the molecule is CCc1noc([C@H](C)N2CCC(C(=O)N3CCc4ccccc4C3)CC2)n1. The largest absolute Gasteiger partial charge is 0.338 e. The van der Waals surface area contributed by atoms with Gasteiger partial charge in [-0.2, -0.15) is 4.98 Å². The van der Waals surface area contributed by atoms with E-state index < -0.39 is 0 Å². The van der Waals surface area contributed by atoms with Crippen molar-refractivity contribution in [3.8, 4) is 0 Å². The standard InChI is InChI=1S/C21H28N4O2/c1-3-19-22-20(27-23-19)15(2)24-11-9-17(10-12-24)21(26)25-13-8-16-6-4-5-7-18(16)14-25/h4-7,15,17H,3,8-14H2,1-2H3/t15-/m0/s1. The zero-order valence-electron chi connectivity index (χ0n) is 16.2. The average molecular weight is 368 g/mol. The monoisotopic (exact) mass is 368 g/mol. The number of piperidine rings is 1. The van der Waals surface area contributed by atoms with Gasteiger partial charge in [-0.3, -0.25) is 9.69 Å². The van der Waals surface area contributed by atoms with Crippen LogP contribution in [0, 0.1) is 5.92 Å².